The molecule has 2 aromatic carbocycles. The molecule has 1 aliphatic heterocycles. The van der Waals surface area contributed by atoms with Gasteiger partial charge >= 0.3 is 0 Å². The lowest BCUT2D eigenvalue weighted by Crippen LogP contribution is -2.34. The summed E-state index contributed by atoms with van der Waals surface area (Å²) in [4.78, 5) is 0. The average Bonchev–Trinajstić information content (AvgIpc) is 2.53. The first-order valence-corrected chi connectivity index (χ1v) is 8.30. The summed E-state index contributed by atoms with van der Waals surface area (Å²) in [6.07, 6.45) is 3.37. The van der Waals surface area contributed by atoms with E-state index < -0.39 is 0 Å². The largest absolute Gasteiger partial charge is 0.490 e. The van der Waals surface area contributed by atoms with Gasteiger partial charge in [0.15, 0.2) is 0 Å². The summed E-state index contributed by atoms with van der Waals surface area (Å²) in [5, 5.41) is 4.20. The summed E-state index contributed by atoms with van der Waals surface area (Å²) in [5.74, 6) is 0.964. The molecule has 1 heterocycles. The zero-order chi connectivity index (χ0) is 15.4. The Kier molecular flexibility index (Phi) is 5.01. The fourth-order valence-electron chi connectivity index (χ4n) is 2.81. The van der Waals surface area contributed by atoms with Gasteiger partial charge in [0.25, 0.3) is 0 Å². The van der Waals surface area contributed by atoms with Gasteiger partial charge < -0.3 is 10.1 Å². The molecule has 0 amide bonds. The van der Waals surface area contributed by atoms with Crippen LogP contribution in [0.3, 0.4) is 0 Å². The predicted molar refractivity (Wildman–Crippen MR) is 92.0 cm³/mol. The molecule has 2 nitrogen and oxygen atoms in total. The lowest BCUT2D eigenvalue weighted by Gasteiger charge is -2.23. The first-order chi connectivity index (χ1) is 10.7. The number of aryl methyl sites for hydroxylation is 1. The van der Waals surface area contributed by atoms with Gasteiger partial charge in [0.1, 0.15) is 11.9 Å². The van der Waals surface area contributed by atoms with Crippen LogP contribution in [0.2, 0.25) is 5.02 Å². The van der Waals surface area contributed by atoms with Crippen LogP contribution >= 0.6 is 11.6 Å². The Hall–Kier alpha value is -1.51. The molecule has 1 saturated heterocycles. The van der Waals surface area contributed by atoms with Crippen molar-refractivity contribution in [1.29, 1.82) is 0 Å². The smallest absolute Gasteiger partial charge is 0.119 e. The summed E-state index contributed by atoms with van der Waals surface area (Å²) in [6.45, 7) is 4.16. The summed E-state index contributed by atoms with van der Waals surface area (Å²) in [7, 11) is 0. The number of hydrogen-bond acceptors (Lipinski definition) is 2. The Bertz CT molecular complexity index is 618. The van der Waals surface area contributed by atoms with Crippen molar-refractivity contribution in [2.24, 2.45) is 0 Å². The van der Waals surface area contributed by atoms with E-state index in [9.17, 15) is 0 Å². The Labute approximate surface area is 137 Å². The predicted octanol–water partition coefficient (Wildman–Crippen LogP) is 4.37. The van der Waals surface area contributed by atoms with Crippen LogP contribution in [0.15, 0.2) is 42.5 Å². The van der Waals surface area contributed by atoms with Gasteiger partial charge in [-0.15, -0.1) is 0 Å². The molecule has 1 aliphatic rings. The van der Waals surface area contributed by atoms with E-state index in [-0.39, 0.29) is 0 Å². The number of hydrogen-bond donors (Lipinski definition) is 1. The summed E-state index contributed by atoms with van der Waals surface area (Å²) < 4.78 is 6.03. The van der Waals surface area contributed by atoms with Gasteiger partial charge in [0, 0.05) is 5.02 Å². The number of benzene rings is 2. The molecule has 0 spiro atoms. The minimum absolute atomic E-state index is 0.346. The first kappa shape index (κ1) is 15.4. The van der Waals surface area contributed by atoms with Gasteiger partial charge in [0.2, 0.25) is 0 Å². The Morgan fingerprint density at radius 2 is 1.82 bits per heavy atom. The summed E-state index contributed by atoms with van der Waals surface area (Å²) >= 11 is 6.31. The molecule has 0 saturated carbocycles. The number of halogens is 1. The minimum atomic E-state index is 0.346. The Balaban J connectivity index is 1.63. The molecule has 0 radical (unpaired) electrons. The second-order valence-electron chi connectivity index (χ2n) is 5.98. The fraction of sp³-hybridized carbons (Fsp3) is 0.368. The molecule has 0 aromatic heterocycles. The van der Waals surface area contributed by atoms with Crippen molar-refractivity contribution in [2.75, 3.05) is 13.1 Å². The highest BCUT2D eigenvalue weighted by atomic mass is 35.5. The van der Waals surface area contributed by atoms with Crippen LogP contribution in [0, 0.1) is 6.92 Å². The third-order valence-electron chi connectivity index (χ3n) is 4.12. The van der Waals surface area contributed by atoms with E-state index in [2.05, 4.69) is 48.6 Å². The minimum Gasteiger partial charge on any atom is -0.490 e. The molecular formula is C19H22ClNO. The number of ether oxygens (including phenoxy) is 1. The highest BCUT2D eigenvalue weighted by Crippen LogP contribution is 2.23. The molecule has 1 N–H and O–H groups in total. The molecule has 1 fully saturated rings. The van der Waals surface area contributed by atoms with Crippen molar-refractivity contribution in [3.8, 4) is 5.75 Å². The molecule has 116 valence electrons. The average molecular weight is 316 g/mol. The topological polar surface area (TPSA) is 21.3 Å². The van der Waals surface area contributed by atoms with Crippen molar-refractivity contribution in [3.05, 3.63) is 64.2 Å². The zero-order valence-electron chi connectivity index (χ0n) is 12.9. The number of nitrogens with one attached hydrogen (secondary N) is 1. The van der Waals surface area contributed by atoms with E-state index in [1.807, 2.05) is 6.07 Å². The van der Waals surface area contributed by atoms with Crippen LogP contribution in [0.1, 0.15) is 29.5 Å². The molecule has 3 rings (SSSR count). The van der Waals surface area contributed by atoms with E-state index in [0.29, 0.717) is 6.10 Å². The third kappa shape index (κ3) is 4.02. The fourth-order valence-corrected chi connectivity index (χ4v) is 3.11. The van der Waals surface area contributed by atoms with Crippen LogP contribution in [-0.2, 0) is 6.42 Å². The summed E-state index contributed by atoms with van der Waals surface area (Å²) in [6, 6.07) is 14.6. The highest BCUT2D eigenvalue weighted by Gasteiger charge is 2.14. The third-order valence-corrected chi connectivity index (χ3v) is 4.47. The standard InChI is InChI=1S/C19H22ClNO/c1-14-2-5-16(19(20)12-14)13-15-3-6-17(7-4-15)22-18-8-10-21-11-9-18/h2-7,12,18,21H,8-11,13H2,1H3. The van der Waals surface area contributed by atoms with E-state index in [1.165, 1.54) is 16.7 Å². The second-order valence-corrected chi connectivity index (χ2v) is 6.39. The van der Waals surface area contributed by atoms with Crippen LogP contribution in [0.4, 0.5) is 0 Å². The van der Waals surface area contributed by atoms with Gasteiger partial charge in [-0.3, -0.25) is 0 Å². The maximum Gasteiger partial charge on any atom is 0.119 e. The number of rotatable bonds is 4. The molecule has 0 aliphatic carbocycles. The van der Waals surface area contributed by atoms with Gasteiger partial charge in [-0.25, -0.2) is 0 Å². The van der Waals surface area contributed by atoms with E-state index in [4.69, 9.17) is 16.3 Å². The normalized spacial score (nSPS) is 15.7. The maximum absolute atomic E-state index is 6.31. The van der Waals surface area contributed by atoms with Crippen molar-refractivity contribution in [2.45, 2.75) is 32.3 Å². The van der Waals surface area contributed by atoms with Gasteiger partial charge in [-0.2, -0.15) is 0 Å². The van der Waals surface area contributed by atoms with Crippen molar-refractivity contribution < 1.29 is 4.74 Å². The Morgan fingerprint density at radius 1 is 1.09 bits per heavy atom. The Morgan fingerprint density at radius 3 is 2.50 bits per heavy atom. The second kappa shape index (κ2) is 7.17. The maximum atomic E-state index is 6.31. The van der Waals surface area contributed by atoms with E-state index in [1.54, 1.807) is 0 Å². The van der Waals surface area contributed by atoms with Gasteiger partial charge in [0.05, 0.1) is 0 Å². The monoisotopic (exact) mass is 315 g/mol. The molecular weight excluding hydrogens is 294 g/mol. The highest BCUT2D eigenvalue weighted by molar-refractivity contribution is 6.31. The van der Waals surface area contributed by atoms with E-state index >= 15 is 0 Å². The molecule has 0 unspecified atom stereocenters. The molecule has 22 heavy (non-hydrogen) atoms. The lowest BCUT2D eigenvalue weighted by atomic mass is 10.0. The zero-order valence-corrected chi connectivity index (χ0v) is 13.7. The van der Waals surface area contributed by atoms with Crippen LogP contribution in [0.25, 0.3) is 0 Å². The first-order valence-electron chi connectivity index (χ1n) is 7.92. The SMILES string of the molecule is Cc1ccc(Cc2ccc(OC3CCNCC3)cc2)c(Cl)c1. The molecule has 2 aromatic rings. The molecule has 3 heteroatoms. The van der Waals surface area contributed by atoms with Gasteiger partial charge in [-0.05, 0) is 74.2 Å². The van der Waals surface area contributed by atoms with Crippen molar-refractivity contribution in [1.82, 2.24) is 5.32 Å². The van der Waals surface area contributed by atoms with Crippen molar-refractivity contribution in [3.63, 3.8) is 0 Å². The van der Waals surface area contributed by atoms with Crippen LogP contribution in [-0.4, -0.2) is 19.2 Å². The molecule has 0 bridgehead atoms. The van der Waals surface area contributed by atoms with E-state index in [0.717, 1.165) is 43.1 Å². The van der Waals surface area contributed by atoms with Crippen LogP contribution < -0.4 is 10.1 Å². The van der Waals surface area contributed by atoms with Crippen molar-refractivity contribution >= 4 is 11.6 Å². The molecule has 0 atom stereocenters. The van der Waals surface area contributed by atoms with Gasteiger partial charge in [-0.1, -0.05) is 35.9 Å². The number of piperidine rings is 1. The lowest BCUT2D eigenvalue weighted by molar-refractivity contribution is 0.162. The van der Waals surface area contributed by atoms with Crippen LogP contribution in [0.5, 0.6) is 5.75 Å². The summed E-state index contributed by atoms with van der Waals surface area (Å²) in [5.41, 5.74) is 3.61. The quantitative estimate of drug-likeness (QED) is 0.904.